The summed E-state index contributed by atoms with van der Waals surface area (Å²) in [6.07, 6.45) is 1.63. The molecule has 1 atom stereocenters. The molecule has 1 aromatic rings. The van der Waals surface area contributed by atoms with Gasteiger partial charge < -0.3 is 10.4 Å². The van der Waals surface area contributed by atoms with Gasteiger partial charge in [0.15, 0.2) is 5.13 Å². The van der Waals surface area contributed by atoms with Crippen LogP contribution in [-0.4, -0.2) is 43.3 Å². The Balaban J connectivity index is 2.58. The first-order chi connectivity index (χ1) is 9.71. The van der Waals surface area contributed by atoms with E-state index in [-0.39, 0.29) is 36.0 Å². The Labute approximate surface area is 128 Å². The fourth-order valence-corrected chi connectivity index (χ4v) is 3.29. The summed E-state index contributed by atoms with van der Waals surface area (Å²) in [5, 5.41) is 13.7. The third-order valence-corrected chi connectivity index (χ3v) is 4.26. The fraction of sp³-hybridized carbons (Fsp3) is 0.667. The normalized spacial score (nSPS) is 13.2. The molecule has 0 spiro atoms. The standard InChI is InChI=1S/C12H21N3O4S2/c1-8(2)10(4-5-16)14-11(17)6-9-7-20-12(13-9)15-21(3,18)19/h7-8,10,16H,4-6H2,1-3H3,(H,13,15)(H,14,17). The van der Waals surface area contributed by atoms with Gasteiger partial charge in [-0.2, -0.15) is 0 Å². The van der Waals surface area contributed by atoms with Crippen LogP contribution in [0.25, 0.3) is 0 Å². The van der Waals surface area contributed by atoms with Gasteiger partial charge in [-0.15, -0.1) is 11.3 Å². The van der Waals surface area contributed by atoms with Gasteiger partial charge in [0.1, 0.15) is 0 Å². The monoisotopic (exact) mass is 335 g/mol. The van der Waals surface area contributed by atoms with Crippen LogP contribution in [0.1, 0.15) is 26.0 Å². The first-order valence-corrected chi connectivity index (χ1v) is 9.30. The van der Waals surface area contributed by atoms with Crippen LogP contribution in [0.2, 0.25) is 0 Å². The summed E-state index contributed by atoms with van der Waals surface area (Å²) in [7, 11) is -3.36. The van der Waals surface area contributed by atoms with Crippen LogP contribution >= 0.6 is 11.3 Å². The second-order valence-corrected chi connectivity index (χ2v) is 7.73. The Hall–Kier alpha value is -1.19. The molecule has 3 N–H and O–H groups in total. The van der Waals surface area contributed by atoms with E-state index < -0.39 is 10.0 Å². The number of anilines is 1. The number of aliphatic hydroxyl groups excluding tert-OH is 1. The summed E-state index contributed by atoms with van der Waals surface area (Å²) in [5.74, 6) is 0.0253. The molecule has 21 heavy (non-hydrogen) atoms. The van der Waals surface area contributed by atoms with Crippen molar-refractivity contribution in [2.75, 3.05) is 17.6 Å². The molecule has 1 rings (SSSR count). The molecule has 0 aliphatic carbocycles. The lowest BCUT2D eigenvalue weighted by Crippen LogP contribution is -2.40. The molecule has 0 aromatic carbocycles. The number of carbonyl (C=O) groups excluding carboxylic acids is 1. The van der Waals surface area contributed by atoms with E-state index in [0.717, 1.165) is 17.6 Å². The minimum absolute atomic E-state index is 0.0161. The maximum Gasteiger partial charge on any atom is 0.231 e. The van der Waals surface area contributed by atoms with E-state index in [0.29, 0.717) is 12.1 Å². The third kappa shape index (κ3) is 6.87. The number of aliphatic hydroxyl groups is 1. The molecule has 0 aliphatic rings. The molecular formula is C12H21N3O4S2. The van der Waals surface area contributed by atoms with E-state index in [4.69, 9.17) is 5.11 Å². The second-order valence-electron chi connectivity index (χ2n) is 5.13. The highest BCUT2D eigenvalue weighted by atomic mass is 32.2. The summed E-state index contributed by atoms with van der Waals surface area (Å²) in [6.45, 7) is 3.96. The number of nitrogens with zero attached hydrogens (tertiary/aromatic N) is 1. The molecule has 9 heteroatoms. The Kier molecular flexibility index (Phi) is 6.56. The van der Waals surface area contributed by atoms with Gasteiger partial charge in [0.25, 0.3) is 0 Å². The lowest BCUT2D eigenvalue weighted by atomic mass is 10.0. The van der Waals surface area contributed by atoms with E-state index in [1.807, 2.05) is 13.8 Å². The predicted octanol–water partition coefficient (Wildman–Crippen LogP) is 0.580. The van der Waals surface area contributed by atoms with E-state index >= 15 is 0 Å². The first kappa shape index (κ1) is 17.9. The van der Waals surface area contributed by atoms with Crippen LogP contribution in [0.5, 0.6) is 0 Å². The zero-order valence-electron chi connectivity index (χ0n) is 12.3. The SMILES string of the molecule is CC(C)C(CCO)NC(=O)Cc1csc(NS(C)(=O)=O)n1. The van der Waals surface area contributed by atoms with E-state index in [1.165, 1.54) is 0 Å². The van der Waals surface area contributed by atoms with Crippen LogP contribution in [0, 0.1) is 5.92 Å². The minimum atomic E-state index is -3.36. The van der Waals surface area contributed by atoms with Gasteiger partial charge in [0.2, 0.25) is 15.9 Å². The maximum absolute atomic E-state index is 11.9. The zero-order chi connectivity index (χ0) is 16.0. The molecule has 0 saturated heterocycles. The number of thiazole rings is 1. The average molecular weight is 335 g/mol. The summed E-state index contributed by atoms with van der Waals surface area (Å²) in [6, 6.07) is -0.0882. The van der Waals surface area contributed by atoms with Crippen molar-refractivity contribution in [3.8, 4) is 0 Å². The Bertz CT molecular complexity index is 569. The van der Waals surface area contributed by atoms with Crippen molar-refractivity contribution in [2.24, 2.45) is 5.92 Å². The summed E-state index contributed by atoms with van der Waals surface area (Å²) >= 11 is 1.13. The Morgan fingerprint density at radius 3 is 2.67 bits per heavy atom. The van der Waals surface area contributed by atoms with Crippen LogP contribution in [0.15, 0.2) is 5.38 Å². The van der Waals surface area contributed by atoms with Gasteiger partial charge in [0, 0.05) is 18.0 Å². The number of carbonyl (C=O) groups is 1. The number of hydrogen-bond acceptors (Lipinski definition) is 6. The van der Waals surface area contributed by atoms with Crippen molar-refractivity contribution in [1.29, 1.82) is 0 Å². The lowest BCUT2D eigenvalue weighted by Gasteiger charge is -2.21. The third-order valence-electron chi connectivity index (χ3n) is 2.76. The highest BCUT2D eigenvalue weighted by Crippen LogP contribution is 2.17. The van der Waals surface area contributed by atoms with Crippen molar-refractivity contribution in [3.63, 3.8) is 0 Å². The lowest BCUT2D eigenvalue weighted by molar-refractivity contribution is -0.121. The number of rotatable bonds is 8. The van der Waals surface area contributed by atoms with Crippen molar-refractivity contribution >= 4 is 32.4 Å². The maximum atomic E-state index is 11.9. The highest BCUT2D eigenvalue weighted by molar-refractivity contribution is 7.92. The number of amides is 1. The summed E-state index contributed by atoms with van der Waals surface area (Å²) < 4.78 is 24.4. The van der Waals surface area contributed by atoms with Crippen molar-refractivity contribution in [2.45, 2.75) is 32.7 Å². The molecule has 7 nitrogen and oxygen atoms in total. The van der Waals surface area contributed by atoms with E-state index in [1.54, 1.807) is 5.38 Å². The molecule has 0 radical (unpaired) electrons. The van der Waals surface area contributed by atoms with Crippen LogP contribution < -0.4 is 10.0 Å². The number of nitrogens with one attached hydrogen (secondary N) is 2. The van der Waals surface area contributed by atoms with Gasteiger partial charge >= 0.3 is 0 Å². The molecule has 120 valence electrons. The number of hydrogen-bond donors (Lipinski definition) is 3. The van der Waals surface area contributed by atoms with Crippen LogP contribution in [-0.2, 0) is 21.2 Å². The number of sulfonamides is 1. The molecule has 1 heterocycles. The summed E-state index contributed by atoms with van der Waals surface area (Å²) in [4.78, 5) is 16.0. The van der Waals surface area contributed by atoms with Gasteiger partial charge in [-0.05, 0) is 12.3 Å². The van der Waals surface area contributed by atoms with Crippen molar-refractivity contribution in [1.82, 2.24) is 10.3 Å². The quantitative estimate of drug-likeness (QED) is 0.644. The van der Waals surface area contributed by atoms with Crippen molar-refractivity contribution in [3.05, 3.63) is 11.1 Å². The molecule has 0 saturated carbocycles. The zero-order valence-corrected chi connectivity index (χ0v) is 13.9. The summed E-state index contributed by atoms with van der Waals surface area (Å²) in [5.41, 5.74) is 0.509. The molecule has 0 aliphatic heterocycles. The average Bonchev–Trinajstić information content (AvgIpc) is 2.73. The topological polar surface area (TPSA) is 108 Å². The molecular weight excluding hydrogens is 314 g/mol. The second kappa shape index (κ2) is 7.71. The smallest absolute Gasteiger partial charge is 0.231 e. The molecule has 1 amide bonds. The predicted molar refractivity (Wildman–Crippen MR) is 82.8 cm³/mol. The Morgan fingerprint density at radius 2 is 2.14 bits per heavy atom. The molecule has 1 aromatic heterocycles. The fourth-order valence-electron chi connectivity index (χ4n) is 1.73. The largest absolute Gasteiger partial charge is 0.396 e. The highest BCUT2D eigenvalue weighted by Gasteiger charge is 2.17. The van der Waals surface area contributed by atoms with Gasteiger partial charge in [-0.25, -0.2) is 13.4 Å². The number of aromatic nitrogens is 1. The minimum Gasteiger partial charge on any atom is -0.396 e. The molecule has 0 fully saturated rings. The van der Waals surface area contributed by atoms with E-state index in [9.17, 15) is 13.2 Å². The van der Waals surface area contributed by atoms with Crippen LogP contribution in [0.3, 0.4) is 0 Å². The first-order valence-electron chi connectivity index (χ1n) is 6.53. The van der Waals surface area contributed by atoms with Crippen molar-refractivity contribution < 1.29 is 18.3 Å². The van der Waals surface area contributed by atoms with Crippen LogP contribution in [0.4, 0.5) is 5.13 Å². The molecule has 1 unspecified atom stereocenters. The molecule has 0 bridgehead atoms. The van der Waals surface area contributed by atoms with Gasteiger partial charge in [0.05, 0.1) is 18.4 Å². The Morgan fingerprint density at radius 1 is 1.48 bits per heavy atom. The van der Waals surface area contributed by atoms with Gasteiger partial charge in [-0.3, -0.25) is 9.52 Å². The van der Waals surface area contributed by atoms with Gasteiger partial charge in [-0.1, -0.05) is 13.8 Å². The van der Waals surface area contributed by atoms with E-state index in [2.05, 4.69) is 15.0 Å².